The lowest BCUT2D eigenvalue weighted by atomic mass is 9.93. The van der Waals surface area contributed by atoms with E-state index in [0.717, 1.165) is 22.5 Å². The number of nitrogens with zero attached hydrogens (tertiary/aromatic N) is 1. The summed E-state index contributed by atoms with van der Waals surface area (Å²) in [5.74, 6) is -0.819. The molecule has 0 unspecified atom stereocenters. The zero-order valence-corrected chi connectivity index (χ0v) is 16.7. The van der Waals surface area contributed by atoms with Crippen LogP contribution in [0.15, 0.2) is 48.5 Å². The molecular formula is C22H18N2O4S. The van der Waals surface area contributed by atoms with Gasteiger partial charge in [0.05, 0.1) is 16.1 Å². The molecule has 1 amide bonds. The van der Waals surface area contributed by atoms with Gasteiger partial charge in [-0.2, -0.15) is 0 Å². The first-order valence-electron chi connectivity index (χ1n) is 9.11. The van der Waals surface area contributed by atoms with Gasteiger partial charge in [-0.25, -0.2) is 9.78 Å². The summed E-state index contributed by atoms with van der Waals surface area (Å²) in [6.45, 7) is 3.20. The summed E-state index contributed by atoms with van der Waals surface area (Å²) >= 11 is 1.15. The minimum Gasteiger partial charge on any atom is -0.454 e. The number of Topliss-reactive ketones (excluding diaryl/α,β-unsaturated/α-hetero) is 1. The van der Waals surface area contributed by atoms with Crippen molar-refractivity contribution in [2.45, 2.75) is 26.4 Å². The zero-order valence-electron chi connectivity index (χ0n) is 15.9. The standard InChI is InChI=1S/C22H18N2O4S/c1-12-19(13(2)25)29-22(23-12)24-20(26)15-8-9-17-16(10-15)11-18(28-21(17)27)14-6-4-3-5-7-14/h3-10,18H,11H2,1-2H3,(H,23,24,26)/t18-/m0/s1. The fourth-order valence-corrected chi connectivity index (χ4v) is 4.19. The van der Waals surface area contributed by atoms with E-state index in [0.29, 0.717) is 33.3 Å². The fraction of sp³-hybridized carbons (Fsp3) is 0.182. The third-order valence-corrected chi connectivity index (χ3v) is 5.92. The van der Waals surface area contributed by atoms with Crippen LogP contribution in [-0.2, 0) is 11.2 Å². The summed E-state index contributed by atoms with van der Waals surface area (Å²) in [6, 6.07) is 14.4. The van der Waals surface area contributed by atoms with E-state index in [9.17, 15) is 14.4 Å². The monoisotopic (exact) mass is 406 g/mol. The first-order chi connectivity index (χ1) is 13.9. The summed E-state index contributed by atoms with van der Waals surface area (Å²) in [7, 11) is 0. The molecule has 0 saturated carbocycles. The maximum atomic E-state index is 12.7. The van der Waals surface area contributed by atoms with E-state index in [-0.39, 0.29) is 17.8 Å². The Morgan fingerprint density at radius 3 is 2.62 bits per heavy atom. The topological polar surface area (TPSA) is 85.4 Å². The van der Waals surface area contributed by atoms with Crippen LogP contribution in [0.1, 0.15) is 60.2 Å². The molecule has 1 aliphatic rings. The number of cyclic esters (lactones) is 1. The summed E-state index contributed by atoms with van der Waals surface area (Å²) in [4.78, 5) is 41.4. The number of ketones is 1. The van der Waals surface area contributed by atoms with Crippen molar-refractivity contribution >= 4 is 34.1 Å². The number of thiazole rings is 1. The Labute approximate surface area is 171 Å². The molecule has 7 heteroatoms. The summed E-state index contributed by atoms with van der Waals surface area (Å²) in [6.07, 6.45) is 0.117. The molecule has 0 radical (unpaired) electrons. The lowest BCUT2D eigenvalue weighted by Gasteiger charge is -2.25. The van der Waals surface area contributed by atoms with Gasteiger partial charge in [0, 0.05) is 18.9 Å². The Kier molecular flexibility index (Phi) is 4.98. The number of esters is 1. The molecule has 0 saturated heterocycles. The summed E-state index contributed by atoms with van der Waals surface area (Å²) in [5.41, 5.74) is 3.16. The molecule has 3 aromatic rings. The van der Waals surface area contributed by atoms with Crippen molar-refractivity contribution in [2.75, 3.05) is 5.32 Å². The number of aromatic nitrogens is 1. The molecule has 1 aromatic heterocycles. The number of hydrogen-bond acceptors (Lipinski definition) is 6. The number of benzene rings is 2. The summed E-state index contributed by atoms with van der Waals surface area (Å²) < 4.78 is 5.55. The Morgan fingerprint density at radius 2 is 1.93 bits per heavy atom. The van der Waals surface area contributed by atoms with Crippen molar-refractivity contribution in [3.63, 3.8) is 0 Å². The van der Waals surface area contributed by atoms with Crippen LogP contribution >= 0.6 is 11.3 Å². The van der Waals surface area contributed by atoms with Gasteiger partial charge in [0.2, 0.25) is 0 Å². The Morgan fingerprint density at radius 1 is 1.17 bits per heavy atom. The number of carbonyl (C=O) groups excluding carboxylic acids is 3. The van der Waals surface area contributed by atoms with E-state index in [4.69, 9.17) is 4.74 Å². The lowest BCUT2D eigenvalue weighted by molar-refractivity contribution is 0.0252. The molecule has 0 aliphatic carbocycles. The van der Waals surface area contributed by atoms with Crippen molar-refractivity contribution in [1.29, 1.82) is 0 Å². The number of carbonyl (C=O) groups is 3. The molecule has 0 bridgehead atoms. The molecule has 6 nitrogen and oxygen atoms in total. The minimum atomic E-state index is -0.395. The van der Waals surface area contributed by atoms with E-state index in [1.165, 1.54) is 6.92 Å². The van der Waals surface area contributed by atoms with Crippen LogP contribution in [0.5, 0.6) is 0 Å². The Bertz CT molecular complexity index is 1120. The smallest absolute Gasteiger partial charge is 0.339 e. The van der Waals surface area contributed by atoms with Crippen LogP contribution in [0.4, 0.5) is 5.13 Å². The van der Waals surface area contributed by atoms with Crippen molar-refractivity contribution in [2.24, 2.45) is 0 Å². The van der Waals surface area contributed by atoms with Gasteiger partial charge >= 0.3 is 5.97 Å². The number of amides is 1. The Hall–Kier alpha value is -3.32. The highest BCUT2D eigenvalue weighted by Gasteiger charge is 2.28. The number of hydrogen-bond donors (Lipinski definition) is 1. The molecule has 2 heterocycles. The van der Waals surface area contributed by atoms with Crippen molar-refractivity contribution in [3.8, 4) is 0 Å². The number of fused-ring (bicyclic) bond motifs is 1. The van der Waals surface area contributed by atoms with Gasteiger partial charge in [0.1, 0.15) is 6.10 Å². The van der Waals surface area contributed by atoms with Crippen molar-refractivity contribution in [1.82, 2.24) is 4.98 Å². The van der Waals surface area contributed by atoms with Crippen LogP contribution in [-0.4, -0.2) is 22.6 Å². The van der Waals surface area contributed by atoms with Crippen molar-refractivity contribution < 1.29 is 19.1 Å². The lowest BCUT2D eigenvalue weighted by Crippen LogP contribution is -2.23. The van der Waals surface area contributed by atoms with Gasteiger partial charge in [0.25, 0.3) is 5.91 Å². The van der Waals surface area contributed by atoms with Crippen LogP contribution in [0, 0.1) is 6.92 Å². The zero-order chi connectivity index (χ0) is 20.5. The molecule has 1 aliphatic heterocycles. The molecule has 2 aromatic carbocycles. The average Bonchev–Trinajstić information content (AvgIpc) is 3.08. The van der Waals surface area contributed by atoms with Crippen LogP contribution in [0.3, 0.4) is 0 Å². The normalized spacial score (nSPS) is 15.4. The molecular weight excluding hydrogens is 388 g/mol. The predicted molar refractivity (Wildman–Crippen MR) is 110 cm³/mol. The fourth-order valence-electron chi connectivity index (χ4n) is 3.34. The van der Waals surface area contributed by atoms with Crippen LogP contribution < -0.4 is 5.32 Å². The molecule has 29 heavy (non-hydrogen) atoms. The van der Waals surface area contributed by atoms with Gasteiger partial charge in [0.15, 0.2) is 10.9 Å². The highest BCUT2D eigenvalue weighted by atomic mass is 32.1. The number of aryl methyl sites for hydroxylation is 1. The maximum absolute atomic E-state index is 12.7. The third-order valence-electron chi connectivity index (χ3n) is 4.75. The van der Waals surface area contributed by atoms with E-state index < -0.39 is 5.97 Å². The van der Waals surface area contributed by atoms with Gasteiger partial charge in [-0.05, 0) is 36.2 Å². The van der Waals surface area contributed by atoms with Gasteiger partial charge in [-0.3, -0.25) is 14.9 Å². The minimum absolute atomic E-state index is 0.0836. The average molecular weight is 406 g/mol. The molecule has 0 spiro atoms. The molecule has 0 fully saturated rings. The van der Waals surface area contributed by atoms with Gasteiger partial charge < -0.3 is 4.74 Å². The molecule has 1 atom stereocenters. The molecule has 4 rings (SSSR count). The van der Waals surface area contributed by atoms with Crippen LogP contribution in [0.25, 0.3) is 0 Å². The number of ether oxygens (including phenoxy) is 1. The quantitative estimate of drug-likeness (QED) is 0.514. The van der Waals surface area contributed by atoms with Crippen molar-refractivity contribution in [3.05, 3.63) is 81.4 Å². The predicted octanol–water partition coefficient (Wildman–Crippen LogP) is 4.36. The van der Waals surface area contributed by atoms with E-state index in [1.807, 2.05) is 30.3 Å². The number of rotatable bonds is 4. The summed E-state index contributed by atoms with van der Waals surface area (Å²) in [5, 5.41) is 3.11. The molecule has 146 valence electrons. The van der Waals surface area contributed by atoms with Crippen LogP contribution in [0.2, 0.25) is 0 Å². The van der Waals surface area contributed by atoms with E-state index >= 15 is 0 Å². The second-order valence-corrected chi connectivity index (χ2v) is 7.82. The highest BCUT2D eigenvalue weighted by Crippen LogP contribution is 2.31. The van der Waals surface area contributed by atoms with E-state index in [1.54, 1.807) is 25.1 Å². The van der Waals surface area contributed by atoms with Gasteiger partial charge in [-0.15, -0.1) is 0 Å². The number of anilines is 1. The highest BCUT2D eigenvalue weighted by molar-refractivity contribution is 7.17. The first kappa shape index (κ1) is 19.0. The number of nitrogens with one attached hydrogen (secondary N) is 1. The third kappa shape index (κ3) is 3.82. The second kappa shape index (κ2) is 7.60. The first-order valence-corrected chi connectivity index (χ1v) is 9.92. The van der Waals surface area contributed by atoms with Gasteiger partial charge in [-0.1, -0.05) is 41.7 Å². The maximum Gasteiger partial charge on any atom is 0.339 e. The molecule has 1 N–H and O–H groups in total. The second-order valence-electron chi connectivity index (χ2n) is 6.82. The van der Waals surface area contributed by atoms with E-state index in [2.05, 4.69) is 10.3 Å². The Balaban J connectivity index is 1.57. The SMILES string of the molecule is CC(=O)c1sc(NC(=O)c2ccc3c(c2)C[C@@H](c2ccccc2)OC3=O)nc1C. The largest absolute Gasteiger partial charge is 0.454 e.